The predicted octanol–water partition coefficient (Wildman–Crippen LogP) is 2.23. The zero-order valence-electron chi connectivity index (χ0n) is 14.8. The number of nitrogens with zero attached hydrogens (tertiary/aromatic N) is 3. The number of ether oxygens (including phenoxy) is 2. The van der Waals surface area contributed by atoms with E-state index in [1.54, 1.807) is 18.3 Å². The van der Waals surface area contributed by atoms with E-state index in [-0.39, 0.29) is 16.8 Å². The Balaban J connectivity index is 1.88. The van der Waals surface area contributed by atoms with Gasteiger partial charge in [-0.15, -0.1) is 0 Å². The van der Waals surface area contributed by atoms with Crippen LogP contribution in [0, 0.1) is 0 Å². The van der Waals surface area contributed by atoms with Crippen molar-refractivity contribution in [2.24, 2.45) is 5.14 Å². The first-order valence-corrected chi connectivity index (χ1v) is 9.88. The number of benzene rings is 1. The first kappa shape index (κ1) is 17.6. The van der Waals surface area contributed by atoms with Crippen molar-refractivity contribution in [2.45, 2.75) is 23.7 Å². The molecule has 27 heavy (non-hydrogen) atoms. The minimum Gasteiger partial charge on any atom is -0.480 e. The third kappa shape index (κ3) is 3.31. The standard InChI is InChI=1S/C18H18N4O4S/c1-25-17-13(9-20-18(22-17)26-2)11-5-6-12-8-15(27(19,23)24)16(10-3-4-10)21-14(12)7-11/h5-10H,3-4H2,1-2H3,(H2,19,23,24). The quantitative estimate of drug-likeness (QED) is 0.714. The maximum atomic E-state index is 12.0. The molecule has 0 radical (unpaired) electrons. The largest absolute Gasteiger partial charge is 0.480 e. The molecule has 2 heterocycles. The minimum absolute atomic E-state index is 0.107. The van der Waals surface area contributed by atoms with Gasteiger partial charge in [0.05, 0.1) is 31.0 Å². The van der Waals surface area contributed by atoms with Crippen LogP contribution in [0.2, 0.25) is 0 Å². The van der Waals surface area contributed by atoms with Crippen molar-refractivity contribution in [1.82, 2.24) is 15.0 Å². The van der Waals surface area contributed by atoms with Crippen molar-refractivity contribution >= 4 is 20.9 Å². The van der Waals surface area contributed by atoms with Gasteiger partial charge in [-0.3, -0.25) is 4.98 Å². The van der Waals surface area contributed by atoms with Crippen molar-refractivity contribution in [1.29, 1.82) is 0 Å². The lowest BCUT2D eigenvalue weighted by Gasteiger charge is -2.11. The molecule has 0 amide bonds. The van der Waals surface area contributed by atoms with Crippen molar-refractivity contribution in [3.05, 3.63) is 36.2 Å². The van der Waals surface area contributed by atoms with Crippen molar-refractivity contribution in [3.8, 4) is 23.0 Å². The fourth-order valence-electron chi connectivity index (χ4n) is 3.01. The van der Waals surface area contributed by atoms with Gasteiger partial charge in [0, 0.05) is 17.5 Å². The Bertz CT molecular complexity index is 1140. The van der Waals surface area contributed by atoms with Gasteiger partial charge >= 0.3 is 6.01 Å². The van der Waals surface area contributed by atoms with Gasteiger partial charge in [-0.2, -0.15) is 4.98 Å². The second kappa shape index (κ2) is 6.43. The number of pyridine rings is 1. The van der Waals surface area contributed by atoms with E-state index in [4.69, 9.17) is 14.6 Å². The molecule has 1 aromatic carbocycles. The highest BCUT2D eigenvalue weighted by molar-refractivity contribution is 7.89. The Morgan fingerprint density at radius 2 is 1.89 bits per heavy atom. The molecular weight excluding hydrogens is 368 g/mol. The van der Waals surface area contributed by atoms with E-state index in [1.165, 1.54) is 14.2 Å². The summed E-state index contributed by atoms with van der Waals surface area (Å²) in [6.45, 7) is 0. The molecule has 1 saturated carbocycles. The molecule has 3 aromatic rings. The second-order valence-electron chi connectivity index (χ2n) is 6.38. The molecule has 9 heteroatoms. The molecule has 140 valence electrons. The van der Waals surface area contributed by atoms with Crippen LogP contribution in [-0.4, -0.2) is 37.6 Å². The minimum atomic E-state index is -3.83. The lowest BCUT2D eigenvalue weighted by atomic mass is 10.1. The van der Waals surface area contributed by atoms with Gasteiger partial charge < -0.3 is 9.47 Å². The van der Waals surface area contributed by atoms with E-state index in [2.05, 4.69) is 15.0 Å². The molecule has 0 unspecified atom stereocenters. The summed E-state index contributed by atoms with van der Waals surface area (Å²) in [5, 5.41) is 6.08. The number of methoxy groups -OCH3 is 2. The van der Waals surface area contributed by atoms with Gasteiger partial charge in [-0.25, -0.2) is 18.5 Å². The summed E-state index contributed by atoms with van der Waals surface area (Å²) in [6, 6.07) is 7.30. The van der Waals surface area contributed by atoms with Crippen LogP contribution >= 0.6 is 0 Å². The van der Waals surface area contributed by atoms with Crippen LogP contribution in [0.1, 0.15) is 24.5 Å². The topological polar surface area (TPSA) is 117 Å². The maximum absolute atomic E-state index is 12.0. The molecular formula is C18H18N4O4S. The number of sulfonamides is 1. The number of hydrogen-bond donors (Lipinski definition) is 1. The summed E-state index contributed by atoms with van der Waals surface area (Å²) in [7, 11) is -0.822. The van der Waals surface area contributed by atoms with Gasteiger partial charge in [0.2, 0.25) is 15.9 Å². The SMILES string of the molecule is COc1ncc(-c2ccc3cc(S(N)(=O)=O)c(C4CC4)nc3c2)c(OC)n1. The van der Waals surface area contributed by atoms with Crippen LogP contribution in [-0.2, 0) is 10.0 Å². The number of fused-ring (bicyclic) bond motifs is 1. The lowest BCUT2D eigenvalue weighted by molar-refractivity contribution is 0.353. The van der Waals surface area contributed by atoms with Crippen LogP contribution in [0.5, 0.6) is 11.9 Å². The number of nitrogens with two attached hydrogens (primary N) is 1. The molecule has 0 bridgehead atoms. The Kier molecular flexibility index (Phi) is 4.20. The highest BCUT2D eigenvalue weighted by atomic mass is 32.2. The molecule has 0 spiro atoms. The lowest BCUT2D eigenvalue weighted by Crippen LogP contribution is -2.15. The van der Waals surface area contributed by atoms with Crippen molar-refractivity contribution in [3.63, 3.8) is 0 Å². The van der Waals surface area contributed by atoms with Gasteiger partial charge in [-0.1, -0.05) is 12.1 Å². The van der Waals surface area contributed by atoms with Gasteiger partial charge in [0.1, 0.15) is 4.90 Å². The average molecular weight is 386 g/mol. The highest BCUT2D eigenvalue weighted by Gasteiger charge is 2.31. The predicted molar refractivity (Wildman–Crippen MR) is 99.2 cm³/mol. The second-order valence-corrected chi connectivity index (χ2v) is 7.91. The Hall–Kier alpha value is -2.78. The molecule has 8 nitrogen and oxygen atoms in total. The van der Waals surface area contributed by atoms with E-state index in [1.807, 2.05) is 12.1 Å². The molecule has 0 aliphatic heterocycles. The third-order valence-electron chi connectivity index (χ3n) is 4.50. The first-order chi connectivity index (χ1) is 12.9. The molecule has 2 aromatic heterocycles. The van der Waals surface area contributed by atoms with Crippen molar-refractivity contribution in [2.75, 3.05) is 14.2 Å². The van der Waals surface area contributed by atoms with Crippen LogP contribution in [0.3, 0.4) is 0 Å². The van der Waals surface area contributed by atoms with Crippen LogP contribution in [0.4, 0.5) is 0 Å². The normalized spacial score (nSPS) is 14.3. The molecule has 1 fully saturated rings. The van der Waals surface area contributed by atoms with E-state index >= 15 is 0 Å². The Morgan fingerprint density at radius 3 is 2.52 bits per heavy atom. The zero-order valence-corrected chi connectivity index (χ0v) is 15.7. The van der Waals surface area contributed by atoms with Gasteiger partial charge in [-0.05, 0) is 30.5 Å². The van der Waals surface area contributed by atoms with Gasteiger partial charge in [0.15, 0.2) is 0 Å². The van der Waals surface area contributed by atoms with Crippen LogP contribution in [0.25, 0.3) is 22.0 Å². The zero-order chi connectivity index (χ0) is 19.2. The summed E-state index contributed by atoms with van der Waals surface area (Å²) in [5.41, 5.74) is 2.71. The Labute approximate surface area is 156 Å². The molecule has 2 N–H and O–H groups in total. The van der Waals surface area contributed by atoms with Crippen LogP contribution < -0.4 is 14.6 Å². The first-order valence-electron chi connectivity index (χ1n) is 8.33. The Morgan fingerprint density at radius 1 is 1.11 bits per heavy atom. The monoisotopic (exact) mass is 386 g/mol. The van der Waals surface area contributed by atoms with Crippen LogP contribution in [0.15, 0.2) is 35.4 Å². The fraction of sp³-hybridized carbons (Fsp3) is 0.278. The summed E-state index contributed by atoms with van der Waals surface area (Å²) in [5.74, 6) is 0.523. The highest BCUT2D eigenvalue weighted by Crippen LogP contribution is 2.42. The molecule has 0 atom stereocenters. The smallest absolute Gasteiger partial charge is 0.319 e. The van der Waals surface area contributed by atoms with E-state index in [0.717, 1.165) is 18.4 Å². The molecule has 0 saturated heterocycles. The number of hydrogen-bond acceptors (Lipinski definition) is 7. The number of aromatic nitrogens is 3. The third-order valence-corrected chi connectivity index (χ3v) is 5.44. The average Bonchev–Trinajstić information content (AvgIpc) is 3.50. The van der Waals surface area contributed by atoms with E-state index in [9.17, 15) is 8.42 Å². The summed E-state index contributed by atoms with van der Waals surface area (Å²) < 4.78 is 34.3. The summed E-state index contributed by atoms with van der Waals surface area (Å²) >= 11 is 0. The summed E-state index contributed by atoms with van der Waals surface area (Å²) in [4.78, 5) is 13.1. The molecule has 1 aliphatic rings. The maximum Gasteiger partial charge on any atom is 0.319 e. The summed E-state index contributed by atoms with van der Waals surface area (Å²) in [6.07, 6.45) is 3.45. The molecule has 1 aliphatic carbocycles. The van der Waals surface area contributed by atoms with E-state index in [0.29, 0.717) is 28.0 Å². The molecule has 4 rings (SSSR count). The number of primary sulfonamides is 1. The van der Waals surface area contributed by atoms with E-state index < -0.39 is 10.0 Å². The van der Waals surface area contributed by atoms with Gasteiger partial charge in [0.25, 0.3) is 0 Å². The van der Waals surface area contributed by atoms with Crippen molar-refractivity contribution < 1.29 is 17.9 Å². The fourth-order valence-corrected chi connectivity index (χ4v) is 3.81. The number of rotatable bonds is 5.